The number of likely N-dealkylation sites (tertiary alicyclic amines) is 1. The molecule has 1 aliphatic heterocycles. The Morgan fingerprint density at radius 2 is 1.88 bits per heavy atom. The molecule has 5 rings (SSSR count). The Bertz CT molecular complexity index is 1400. The van der Waals surface area contributed by atoms with Crippen molar-refractivity contribution < 1.29 is 23.5 Å². The number of rotatable bonds is 11. The molecule has 1 aliphatic carbocycles. The molecule has 0 spiro atoms. The van der Waals surface area contributed by atoms with Gasteiger partial charge in [0.2, 0.25) is 5.91 Å². The van der Waals surface area contributed by atoms with Crippen LogP contribution >= 0.6 is 11.3 Å². The monoisotopic (exact) mass is 566 g/mol. The summed E-state index contributed by atoms with van der Waals surface area (Å²) in [4.78, 5) is 46.6. The first-order chi connectivity index (χ1) is 19.3. The average molecular weight is 567 g/mol. The van der Waals surface area contributed by atoms with Crippen LogP contribution in [0.1, 0.15) is 47.3 Å². The Morgan fingerprint density at radius 3 is 2.58 bits per heavy atom. The van der Waals surface area contributed by atoms with Crippen molar-refractivity contribution in [3.63, 3.8) is 0 Å². The molecule has 2 amide bonds. The summed E-state index contributed by atoms with van der Waals surface area (Å²) in [6, 6.07) is 8.01. The number of benzene rings is 1. The van der Waals surface area contributed by atoms with Crippen molar-refractivity contribution in [3.05, 3.63) is 52.8 Å². The number of fused-ring (bicyclic) bond motifs is 1. The minimum absolute atomic E-state index is 0.0481. The molecule has 10 heteroatoms. The first kappa shape index (κ1) is 28.2. The van der Waals surface area contributed by atoms with Crippen molar-refractivity contribution in [1.82, 2.24) is 20.1 Å². The van der Waals surface area contributed by atoms with E-state index in [0.29, 0.717) is 71.2 Å². The molecule has 1 saturated heterocycles. The van der Waals surface area contributed by atoms with Gasteiger partial charge >= 0.3 is 0 Å². The van der Waals surface area contributed by atoms with Crippen LogP contribution in [-0.4, -0.2) is 72.7 Å². The number of thiophene rings is 1. The number of ketones is 1. The zero-order valence-corrected chi connectivity index (χ0v) is 23.8. The summed E-state index contributed by atoms with van der Waals surface area (Å²) in [6.07, 6.45) is 5.83. The number of amides is 2. The molecule has 3 aromatic rings. The second kappa shape index (κ2) is 12.4. The van der Waals surface area contributed by atoms with E-state index >= 15 is 0 Å². The molecule has 1 saturated carbocycles. The van der Waals surface area contributed by atoms with Crippen molar-refractivity contribution in [1.29, 1.82) is 0 Å². The fourth-order valence-electron chi connectivity index (χ4n) is 4.95. The predicted molar refractivity (Wildman–Crippen MR) is 152 cm³/mol. The Balaban J connectivity index is 1.21. The van der Waals surface area contributed by atoms with Crippen LogP contribution in [0.2, 0.25) is 0 Å². The van der Waals surface area contributed by atoms with E-state index < -0.39 is 5.82 Å². The van der Waals surface area contributed by atoms with Crippen LogP contribution in [0.3, 0.4) is 0 Å². The van der Waals surface area contributed by atoms with E-state index in [1.807, 2.05) is 19.0 Å². The van der Waals surface area contributed by atoms with Crippen molar-refractivity contribution in [3.8, 4) is 11.5 Å². The lowest BCUT2D eigenvalue weighted by molar-refractivity contribution is -0.126. The average Bonchev–Trinajstić information content (AvgIpc) is 3.63. The molecule has 0 bridgehead atoms. The summed E-state index contributed by atoms with van der Waals surface area (Å²) in [5.41, 5.74) is 1.23. The molecule has 2 aliphatic rings. The highest BCUT2D eigenvalue weighted by Crippen LogP contribution is 2.37. The molecule has 2 aromatic heterocycles. The Morgan fingerprint density at radius 1 is 1.10 bits per heavy atom. The second-order valence-corrected chi connectivity index (χ2v) is 12.1. The molecular weight excluding hydrogens is 531 g/mol. The highest BCUT2D eigenvalue weighted by Gasteiger charge is 2.29. The van der Waals surface area contributed by atoms with Gasteiger partial charge in [-0.2, -0.15) is 0 Å². The first-order valence-electron chi connectivity index (χ1n) is 13.8. The highest BCUT2D eigenvalue weighted by atomic mass is 32.1. The van der Waals surface area contributed by atoms with E-state index in [9.17, 15) is 18.8 Å². The van der Waals surface area contributed by atoms with Crippen LogP contribution in [-0.2, 0) is 16.0 Å². The van der Waals surface area contributed by atoms with Gasteiger partial charge in [0.25, 0.3) is 5.91 Å². The maximum Gasteiger partial charge on any atom is 0.264 e. The second-order valence-electron chi connectivity index (χ2n) is 11.0. The van der Waals surface area contributed by atoms with Crippen LogP contribution in [0.15, 0.2) is 36.5 Å². The highest BCUT2D eigenvalue weighted by molar-refractivity contribution is 7.21. The zero-order chi connectivity index (χ0) is 28.2. The lowest BCUT2D eigenvalue weighted by atomic mass is 9.96. The number of nitrogens with zero attached hydrogens (tertiary/aromatic N) is 3. The molecular formula is C30H35FN4O4S. The lowest BCUT2D eigenvalue weighted by Crippen LogP contribution is -2.43. The zero-order valence-electron chi connectivity index (χ0n) is 23.0. The first-order valence-corrected chi connectivity index (χ1v) is 14.7. The molecule has 0 atom stereocenters. The maximum absolute atomic E-state index is 14.9. The molecule has 0 radical (unpaired) electrons. The van der Waals surface area contributed by atoms with Gasteiger partial charge in [-0.05, 0) is 69.5 Å². The molecule has 2 fully saturated rings. The van der Waals surface area contributed by atoms with Crippen LogP contribution in [0.4, 0.5) is 4.39 Å². The summed E-state index contributed by atoms with van der Waals surface area (Å²) < 4.78 is 21.5. The number of halogens is 1. The van der Waals surface area contributed by atoms with Gasteiger partial charge in [0.1, 0.15) is 11.5 Å². The molecule has 40 heavy (non-hydrogen) atoms. The van der Waals surface area contributed by atoms with E-state index in [2.05, 4.69) is 10.3 Å². The molecule has 0 unspecified atom stereocenters. The summed E-state index contributed by atoms with van der Waals surface area (Å²) in [7, 11) is 3.93. The van der Waals surface area contributed by atoms with Crippen LogP contribution in [0, 0.1) is 17.7 Å². The van der Waals surface area contributed by atoms with Crippen molar-refractivity contribution in [2.75, 3.05) is 40.3 Å². The van der Waals surface area contributed by atoms with Crippen LogP contribution in [0.5, 0.6) is 11.5 Å². The molecule has 212 valence electrons. The van der Waals surface area contributed by atoms with Crippen molar-refractivity contribution in [2.24, 2.45) is 11.8 Å². The Hall–Kier alpha value is -3.37. The van der Waals surface area contributed by atoms with E-state index in [-0.39, 0.29) is 35.7 Å². The third-order valence-corrected chi connectivity index (χ3v) is 8.56. The number of ether oxygens (including phenoxy) is 1. The molecule has 1 aromatic carbocycles. The van der Waals surface area contributed by atoms with Gasteiger partial charge in [0.15, 0.2) is 11.6 Å². The van der Waals surface area contributed by atoms with E-state index in [1.165, 1.54) is 17.4 Å². The third-order valence-electron chi connectivity index (χ3n) is 7.43. The number of Topliss-reactive ketones (excluding diaryl/α,β-unsaturated/α-hetero) is 1. The number of carbonyl (C=O) groups is 3. The number of hydrogen-bond donors (Lipinski definition) is 1. The van der Waals surface area contributed by atoms with Crippen LogP contribution in [0.25, 0.3) is 10.2 Å². The minimum atomic E-state index is -0.539. The number of hydrogen-bond acceptors (Lipinski definition) is 7. The Labute approximate surface area is 237 Å². The van der Waals surface area contributed by atoms with Gasteiger partial charge in [-0.1, -0.05) is 6.07 Å². The van der Waals surface area contributed by atoms with Gasteiger partial charge in [-0.3, -0.25) is 19.4 Å². The molecule has 1 N–H and O–H groups in total. The summed E-state index contributed by atoms with van der Waals surface area (Å²) >= 11 is 1.27. The predicted octanol–water partition coefficient (Wildman–Crippen LogP) is 4.67. The topological polar surface area (TPSA) is 91.8 Å². The normalized spacial score (nSPS) is 15.9. The van der Waals surface area contributed by atoms with Gasteiger partial charge < -0.3 is 19.9 Å². The van der Waals surface area contributed by atoms with Crippen molar-refractivity contribution in [2.45, 2.75) is 38.5 Å². The standard InChI is InChI=1S/C30H35FN4O4S/c1-34(2)14-11-33-29(37)21-8-12-35(13-9-21)30(38)27-18-24-28(40-27)26(7-10-32-24)39-25-6-5-20(17-23(25)31)16-22(36)15-19-3-4-19/h5-7,10,17-19,21H,3-4,8-9,11-16H2,1-2H3,(H,33,37). The van der Waals surface area contributed by atoms with Crippen molar-refractivity contribution >= 4 is 39.2 Å². The van der Waals surface area contributed by atoms with Gasteiger partial charge in [-0.15, -0.1) is 11.3 Å². The number of nitrogens with one attached hydrogen (secondary N) is 1. The van der Waals surface area contributed by atoms with Gasteiger partial charge in [0.05, 0.1) is 15.1 Å². The van der Waals surface area contributed by atoms with Gasteiger partial charge in [-0.25, -0.2) is 4.39 Å². The van der Waals surface area contributed by atoms with Crippen LogP contribution < -0.4 is 10.1 Å². The quantitative estimate of drug-likeness (QED) is 0.363. The summed E-state index contributed by atoms with van der Waals surface area (Å²) in [5, 5.41) is 2.98. The number of carbonyl (C=O) groups excluding carboxylic acids is 3. The Kier molecular flexibility index (Phi) is 8.75. The largest absolute Gasteiger partial charge is 0.453 e. The summed E-state index contributed by atoms with van der Waals surface area (Å²) in [5.74, 6) is 0.425. The fourth-order valence-corrected chi connectivity index (χ4v) is 5.98. The summed E-state index contributed by atoms with van der Waals surface area (Å²) in [6.45, 7) is 2.42. The molecule has 3 heterocycles. The van der Waals surface area contributed by atoms with E-state index in [1.54, 1.807) is 35.4 Å². The minimum Gasteiger partial charge on any atom is -0.453 e. The van der Waals surface area contributed by atoms with E-state index in [0.717, 1.165) is 19.4 Å². The maximum atomic E-state index is 14.9. The SMILES string of the molecule is CN(C)CCNC(=O)C1CCN(C(=O)c2cc3nccc(Oc4ccc(CC(=O)CC5CC5)cc4F)c3s2)CC1. The smallest absolute Gasteiger partial charge is 0.264 e. The van der Waals surface area contributed by atoms with E-state index in [4.69, 9.17) is 4.74 Å². The number of aromatic nitrogens is 1. The third kappa shape index (κ3) is 7.03. The lowest BCUT2D eigenvalue weighted by Gasteiger charge is -2.31. The fraction of sp³-hybridized carbons (Fsp3) is 0.467. The number of pyridine rings is 1. The number of piperidine rings is 1. The molecule has 8 nitrogen and oxygen atoms in total. The number of likely N-dealkylation sites (N-methyl/N-ethyl adjacent to an activating group) is 1. The van der Waals surface area contributed by atoms with Gasteiger partial charge in [0, 0.05) is 57.2 Å².